The van der Waals surface area contributed by atoms with Crippen molar-refractivity contribution in [2.24, 2.45) is 0 Å². The topological polar surface area (TPSA) is 68.4 Å². The van der Waals surface area contributed by atoms with Crippen molar-refractivity contribution < 1.29 is 19.1 Å². The Hall–Kier alpha value is -3.86. The Balaban J connectivity index is 1.48. The van der Waals surface area contributed by atoms with Gasteiger partial charge in [-0.05, 0) is 29.3 Å². The van der Waals surface area contributed by atoms with E-state index in [2.05, 4.69) is 4.98 Å². The summed E-state index contributed by atoms with van der Waals surface area (Å²) in [6.07, 6.45) is 1.59. The van der Waals surface area contributed by atoms with Gasteiger partial charge in [0.05, 0.1) is 11.1 Å². The van der Waals surface area contributed by atoms with Crippen LogP contribution >= 0.6 is 0 Å². The van der Waals surface area contributed by atoms with Crippen LogP contribution in [0.4, 0.5) is 0 Å². The molecule has 0 saturated heterocycles. The summed E-state index contributed by atoms with van der Waals surface area (Å²) in [6.45, 7) is 0.377. The molecule has 1 aromatic heterocycles. The molecule has 0 amide bonds. The van der Waals surface area contributed by atoms with Gasteiger partial charge in [0.2, 0.25) is 0 Å². The molecule has 5 nitrogen and oxygen atoms in total. The van der Waals surface area contributed by atoms with Gasteiger partial charge in [-0.15, -0.1) is 0 Å². The third-order valence-corrected chi connectivity index (χ3v) is 4.56. The highest BCUT2D eigenvalue weighted by atomic mass is 16.5. The molecule has 0 aliphatic rings. The summed E-state index contributed by atoms with van der Waals surface area (Å²) in [5.41, 5.74) is 3.33. The Bertz CT molecular complexity index is 1130. The van der Waals surface area contributed by atoms with E-state index in [4.69, 9.17) is 9.47 Å². The Morgan fingerprint density at radius 2 is 1.31 bits per heavy atom. The number of hydrogen-bond acceptors (Lipinski definition) is 4. The zero-order valence-electron chi connectivity index (χ0n) is 15.6. The summed E-state index contributed by atoms with van der Waals surface area (Å²) in [5, 5.41) is 0.622. The molecule has 0 bridgehead atoms. The molecule has 1 heterocycles. The second-order valence-corrected chi connectivity index (χ2v) is 6.59. The summed E-state index contributed by atoms with van der Waals surface area (Å²) in [7, 11) is 0. The maximum atomic E-state index is 12.5. The minimum Gasteiger partial charge on any atom is -0.457 e. The average molecular weight is 385 g/mol. The molecule has 0 atom stereocenters. The Labute approximate surface area is 167 Å². The fourth-order valence-electron chi connectivity index (χ4n) is 3.02. The second-order valence-electron chi connectivity index (χ2n) is 6.59. The van der Waals surface area contributed by atoms with Crippen molar-refractivity contribution in [3.8, 4) is 0 Å². The molecule has 0 unspecified atom stereocenters. The lowest BCUT2D eigenvalue weighted by atomic mass is 10.1. The number of esters is 2. The van der Waals surface area contributed by atoms with E-state index in [0.29, 0.717) is 16.5 Å². The number of hydrogen-bond donors (Lipinski definition) is 1. The SMILES string of the molecule is O=C(OCc1ccccc1)c1ccc2[nH]cc(C(=O)OCc3ccccc3)c2c1. The summed E-state index contributed by atoms with van der Waals surface area (Å²) < 4.78 is 10.8. The average Bonchev–Trinajstić information content (AvgIpc) is 3.20. The molecule has 0 radical (unpaired) electrons. The van der Waals surface area contributed by atoms with Crippen molar-refractivity contribution in [3.63, 3.8) is 0 Å². The Kier molecular flexibility index (Phi) is 5.38. The molecule has 5 heteroatoms. The Morgan fingerprint density at radius 1 is 0.724 bits per heavy atom. The summed E-state index contributed by atoms with van der Waals surface area (Å²) in [4.78, 5) is 28.0. The highest BCUT2D eigenvalue weighted by Crippen LogP contribution is 2.22. The maximum absolute atomic E-state index is 12.5. The molecule has 4 rings (SSSR count). The number of aromatic amines is 1. The molecule has 3 aromatic carbocycles. The maximum Gasteiger partial charge on any atom is 0.340 e. The van der Waals surface area contributed by atoms with Crippen LogP contribution in [0.1, 0.15) is 31.8 Å². The summed E-state index contributed by atoms with van der Waals surface area (Å²) in [5.74, 6) is -0.893. The second kappa shape index (κ2) is 8.44. The fraction of sp³-hybridized carbons (Fsp3) is 0.0833. The van der Waals surface area contributed by atoms with Crippen molar-refractivity contribution in [2.75, 3.05) is 0 Å². The number of carbonyl (C=O) groups excluding carboxylic acids is 2. The van der Waals surface area contributed by atoms with Crippen molar-refractivity contribution in [2.45, 2.75) is 13.2 Å². The first-order valence-corrected chi connectivity index (χ1v) is 9.24. The van der Waals surface area contributed by atoms with E-state index < -0.39 is 11.9 Å². The molecule has 1 N–H and O–H groups in total. The number of H-pyrrole nitrogens is 1. The third-order valence-electron chi connectivity index (χ3n) is 4.56. The van der Waals surface area contributed by atoms with Gasteiger partial charge in [-0.1, -0.05) is 60.7 Å². The molecule has 29 heavy (non-hydrogen) atoms. The number of aromatic nitrogens is 1. The van der Waals surface area contributed by atoms with E-state index in [1.54, 1.807) is 24.4 Å². The first kappa shape index (κ1) is 18.5. The molecule has 0 spiro atoms. The number of benzene rings is 3. The minimum atomic E-state index is -0.449. The van der Waals surface area contributed by atoms with Crippen LogP contribution in [0.25, 0.3) is 10.9 Å². The van der Waals surface area contributed by atoms with Gasteiger partial charge in [0.1, 0.15) is 13.2 Å². The zero-order chi connectivity index (χ0) is 20.1. The van der Waals surface area contributed by atoms with Gasteiger partial charge in [-0.2, -0.15) is 0 Å². The molecule has 0 aliphatic heterocycles. The third kappa shape index (κ3) is 4.35. The molecular weight excluding hydrogens is 366 g/mol. The number of rotatable bonds is 6. The predicted molar refractivity (Wildman–Crippen MR) is 109 cm³/mol. The summed E-state index contributed by atoms with van der Waals surface area (Å²) in [6, 6.07) is 24.0. The van der Waals surface area contributed by atoms with E-state index in [1.807, 2.05) is 60.7 Å². The van der Waals surface area contributed by atoms with Gasteiger partial charge < -0.3 is 14.5 Å². The number of nitrogens with one attached hydrogen (secondary N) is 1. The van der Waals surface area contributed by atoms with Gasteiger partial charge in [-0.3, -0.25) is 0 Å². The van der Waals surface area contributed by atoms with Crippen LogP contribution in [0.3, 0.4) is 0 Å². The number of ether oxygens (including phenoxy) is 2. The molecule has 4 aromatic rings. The van der Waals surface area contributed by atoms with Crippen LogP contribution in [0.15, 0.2) is 85.1 Å². The molecule has 144 valence electrons. The predicted octanol–water partition coefficient (Wildman–Crippen LogP) is 4.88. The smallest absolute Gasteiger partial charge is 0.340 e. The first-order chi connectivity index (χ1) is 14.2. The normalized spacial score (nSPS) is 10.6. The summed E-state index contributed by atoms with van der Waals surface area (Å²) >= 11 is 0. The van der Waals surface area contributed by atoms with Crippen LogP contribution in [0, 0.1) is 0 Å². The van der Waals surface area contributed by atoms with E-state index in [1.165, 1.54) is 0 Å². The largest absolute Gasteiger partial charge is 0.457 e. The fourth-order valence-corrected chi connectivity index (χ4v) is 3.02. The van der Waals surface area contributed by atoms with E-state index >= 15 is 0 Å². The van der Waals surface area contributed by atoms with Crippen molar-refractivity contribution in [3.05, 3.63) is 107 Å². The highest BCUT2D eigenvalue weighted by molar-refractivity contribution is 6.06. The van der Waals surface area contributed by atoms with Crippen LogP contribution in [-0.2, 0) is 22.7 Å². The highest BCUT2D eigenvalue weighted by Gasteiger charge is 2.16. The van der Waals surface area contributed by atoms with E-state index in [9.17, 15) is 9.59 Å². The lowest BCUT2D eigenvalue weighted by molar-refractivity contribution is 0.0463. The van der Waals surface area contributed by atoms with Crippen LogP contribution in [0.2, 0.25) is 0 Å². The van der Waals surface area contributed by atoms with Gasteiger partial charge in [0.15, 0.2) is 0 Å². The lowest BCUT2D eigenvalue weighted by Crippen LogP contribution is -2.06. The van der Waals surface area contributed by atoms with Gasteiger partial charge >= 0.3 is 11.9 Å². The van der Waals surface area contributed by atoms with Gasteiger partial charge in [0.25, 0.3) is 0 Å². The van der Waals surface area contributed by atoms with Crippen molar-refractivity contribution in [1.29, 1.82) is 0 Å². The molecular formula is C24H19NO4. The molecule has 0 aliphatic carbocycles. The molecule has 0 fully saturated rings. The van der Waals surface area contributed by atoms with Gasteiger partial charge in [0, 0.05) is 17.1 Å². The standard InChI is InChI=1S/C24H19NO4/c26-23(28-15-17-7-3-1-4-8-17)19-11-12-22-20(13-19)21(14-25-22)24(27)29-16-18-9-5-2-6-10-18/h1-14,25H,15-16H2. The minimum absolute atomic E-state index is 0.186. The zero-order valence-corrected chi connectivity index (χ0v) is 15.6. The monoisotopic (exact) mass is 385 g/mol. The first-order valence-electron chi connectivity index (χ1n) is 9.24. The lowest BCUT2D eigenvalue weighted by Gasteiger charge is -2.06. The van der Waals surface area contributed by atoms with Crippen molar-refractivity contribution in [1.82, 2.24) is 4.98 Å². The number of carbonyl (C=O) groups is 2. The number of fused-ring (bicyclic) bond motifs is 1. The quantitative estimate of drug-likeness (QED) is 0.480. The van der Waals surface area contributed by atoms with Crippen LogP contribution < -0.4 is 0 Å². The van der Waals surface area contributed by atoms with Crippen molar-refractivity contribution >= 4 is 22.8 Å². The van der Waals surface area contributed by atoms with E-state index in [0.717, 1.165) is 16.6 Å². The van der Waals surface area contributed by atoms with Crippen LogP contribution in [0.5, 0.6) is 0 Å². The van der Waals surface area contributed by atoms with Gasteiger partial charge in [-0.25, -0.2) is 9.59 Å². The Morgan fingerprint density at radius 3 is 1.93 bits per heavy atom. The van der Waals surface area contributed by atoms with Crippen LogP contribution in [-0.4, -0.2) is 16.9 Å². The van der Waals surface area contributed by atoms with E-state index in [-0.39, 0.29) is 13.2 Å². The molecule has 0 saturated carbocycles.